The van der Waals surface area contributed by atoms with Crippen molar-refractivity contribution in [2.75, 3.05) is 26.7 Å². The molecule has 19 heavy (non-hydrogen) atoms. The number of furan rings is 1. The van der Waals surface area contributed by atoms with E-state index >= 15 is 0 Å². The number of hydrogen-bond donors (Lipinski definition) is 1. The van der Waals surface area contributed by atoms with Gasteiger partial charge in [0.1, 0.15) is 11.8 Å². The second-order valence-corrected chi connectivity index (χ2v) is 5.11. The van der Waals surface area contributed by atoms with Crippen LogP contribution < -0.4 is 5.32 Å². The van der Waals surface area contributed by atoms with Crippen LogP contribution in [0.4, 0.5) is 0 Å². The van der Waals surface area contributed by atoms with Gasteiger partial charge in [0.25, 0.3) is 5.91 Å². The van der Waals surface area contributed by atoms with Crippen molar-refractivity contribution in [1.29, 1.82) is 0 Å². The van der Waals surface area contributed by atoms with E-state index in [0.29, 0.717) is 11.5 Å². The minimum absolute atomic E-state index is 0.0866. The normalized spacial score (nSPS) is 19.2. The van der Waals surface area contributed by atoms with Crippen molar-refractivity contribution in [3.8, 4) is 0 Å². The third-order valence-electron chi connectivity index (χ3n) is 3.78. The van der Waals surface area contributed by atoms with Crippen LogP contribution in [-0.2, 0) is 0 Å². The largest absolute Gasteiger partial charge is 0.463 e. The molecule has 1 aromatic heterocycles. The van der Waals surface area contributed by atoms with Gasteiger partial charge in [-0.05, 0) is 32.0 Å². The zero-order chi connectivity index (χ0) is 13.2. The van der Waals surface area contributed by atoms with Crippen molar-refractivity contribution < 1.29 is 9.21 Å². The second kappa shape index (κ2) is 5.05. The van der Waals surface area contributed by atoms with E-state index in [0.717, 1.165) is 37.0 Å². The van der Waals surface area contributed by atoms with E-state index in [-0.39, 0.29) is 5.91 Å². The van der Waals surface area contributed by atoms with E-state index in [1.165, 1.54) is 0 Å². The Bertz CT molecular complexity index is 591. The summed E-state index contributed by atoms with van der Waals surface area (Å²) in [6.07, 6.45) is 2.65. The van der Waals surface area contributed by atoms with Crippen LogP contribution in [0.25, 0.3) is 11.0 Å². The predicted molar refractivity (Wildman–Crippen MR) is 74.2 cm³/mol. The minimum atomic E-state index is 0.0866. The van der Waals surface area contributed by atoms with Gasteiger partial charge >= 0.3 is 0 Å². The Morgan fingerprint density at radius 2 is 2.32 bits per heavy atom. The highest BCUT2D eigenvalue weighted by Gasteiger charge is 2.28. The predicted octanol–water partition coefficient (Wildman–Crippen LogP) is 2.11. The number of carbonyl (C=O) groups is 1. The van der Waals surface area contributed by atoms with Crippen molar-refractivity contribution in [1.82, 2.24) is 10.2 Å². The van der Waals surface area contributed by atoms with Crippen LogP contribution >= 0.6 is 0 Å². The lowest BCUT2D eigenvalue weighted by molar-refractivity contribution is 0.0788. The Morgan fingerprint density at radius 1 is 1.47 bits per heavy atom. The molecule has 2 heterocycles. The summed E-state index contributed by atoms with van der Waals surface area (Å²) in [5.41, 5.74) is 1.46. The Kier molecular flexibility index (Phi) is 3.25. The van der Waals surface area contributed by atoms with Crippen LogP contribution in [0.1, 0.15) is 16.8 Å². The number of amides is 1. The molecule has 0 bridgehead atoms. The number of carbonyl (C=O) groups excluding carboxylic acids is 1. The number of rotatable bonds is 3. The molecule has 0 spiro atoms. The summed E-state index contributed by atoms with van der Waals surface area (Å²) in [4.78, 5) is 14.4. The topological polar surface area (TPSA) is 45.5 Å². The van der Waals surface area contributed by atoms with Crippen molar-refractivity contribution in [3.63, 3.8) is 0 Å². The van der Waals surface area contributed by atoms with Crippen molar-refractivity contribution >= 4 is 16.9 Å². The molecule has 0 radical (unpaired) electrons. The summed E-state index contributed by atoms with van der Waals surface area (Å²) in [5, 5.41) is 4.08. The Morgan fingerprint density at radius 3 is 3.16 bits per heavy atom. The maximum absolute atomic E-state index is 12.5. The lowest BCUT2D eigenvalue weighted by Gasteiger charge is -2.15. The fraction of sp³-hybridized carbons (Fsp3) is 0.400. The molecule has 1 aliphatic heterocycles. The molecule has 1 atom stereocenters. The fourth-order valence-corrected chi connectivity index (χ4v) is 2.79. The molecular weight excluding hydrogens is 240 g/mol. The van der Waals surface area contributed by atoms with Crippen molar-refractivity contribution in [2.45, 2.75) is 6.42 Å². The first-order valence-electron chi connectivity index (χ1n) is 6.69. The van der Waals surface area contributed by atoms with Gasteiger partial charge in [-0.15, -0.1) is 0 Å². The zero-order valence-corrected chi connectivity index (χ0v) is 11.1. The molecule has 0 aliphatic carbocycles. The van der Waals surface area contributed by atoms with Gasteiger partial charge in [-0.1, -0.05) is 18.2 Å². The van der Waals surface area contributed by atoms with Gasteiger partial charge in [-0.25, -0.2) is 0 Å². The first-order valence-corrected chi connectivity index (χ1v) is 6.69. The van der Waals surface area contributed by atoms with E-state index in [4.69, 9.17) is 4.42 Å². The molecule has 3 rings (SSSR count). The number of likely N-dealkylation sites (tertiary alicyclic amines) is 1. The molecule has 100 valence electrons. The standard InChI is InChI=1S/C15H18N2O2/c1-16-8-11-6-7-17(9-11)15(18)13-10-19-14-5-3-2-4-12(13)14/h2-5,10-11,16H,6-9H2,1H3. The molecule has 1 aromatic carbocycles. The van der Waals surface area contributed by atoms with Crippen molar-refractivity contribution in [2.24, 2.45) is 5.92 Å². The van der Waals surface area contributed by atoms with E-state index in [1.54, 1.807) is 6.26 Å². The molecule has 4 heteroatoms. The Hall–Kier alpha value is -1.81. The molecule has 4 nitrogen and oxygen atoms in total. The van der Waals surface area contributed by atoms with Gasteiger partial charge in [0.2, 0.25) is 0 Å². The van der Waals surface area contributed by atoms with Gasteiger partial charge in [0.15, 0.2) is 0 Å². The van der Waals surface area contributed by atoms with E-state index in [1.807, 2.05) is 36.2 Å². The van der Waals surface area contributed by atoms with Crippen LogP contribution in [0.5, 0.6) is 0 Å². The molecule has 1 amide bonds. The Labute approximate surface area is 112 Å². The number of hydrogen-bond acceptors (Lipinski definition) is 3. The lowest BCUT2D eigenvalue weighted by atomic mass is 10.1. The minimum Gasteiger partial charge on any atom is -0.463 e. The van der Waals surface area contributed by atoms with Crippen molar-refractivity contribution in [3.05, 3.63) is 36.1 Å². The first-order chi connectivity index (χ1) is 9.29. The molecular formula is C15H18N2O2. The zero-order valence-electron chi connectivity index (χ0n) is 11.1. The summed E-state index contributed by atoms with van der Waals surface area (Å²) in [5.74, 6) is 0.649. The van der Waals surface area contributed by atoms with E-state index in [2.05, 4.69) is 5.32 Å². The molecule has 1 aliphatic rings. The van der Waals surface area contributed by atoms with Gasteiger partial charge < -0.3 is 14.6 Å². The van der Waals surface area contributed by atoms with Crippen LogP contribution in [0.3, 0.4) is 0 Å². The monoisotopic (exact) mass is 258 g/mol. The van der Waals surface area contributed by atoms with E-state index in [9.17, 15) is 4.79 Å². The average Bonchev–Trinajstić information content (AvgIpc) is 3.05. The highest BCUT2D eigenvalue weighted by atomic mass is 16.3. The van der Waals surface area contributed by atoms with Gasteiger partial charge in [0.05, 0.1) is 5.56 Å². The quantitative estimate of drug-likeness (QED) is 0.917. The lowest BCUT2D eigenvalue weighted by Crippen LogP contribution is -2.30. The number of benzene rings is 1. The summed E-state index contributed by atoms with van der Waals surface area (Å²) in [7, 11) is 1.95. The third-order valence-corrected chi connectivity index (χ3v) is 3.78. The maximum atomic E-state index is 12.5. The van der Waals surface area contributed by atoms with Gasteiger partial charge in [-0.3, -0.25) is 4.79 Å². The fourth-order valence-electron chi connectivity index (χ4n) is 2.79. The smallest absolute Gasteiger partial charge is 0.257 e. The number of fused-ring (bicyclic) bond motifs is 1. The molecule has 1 N–H and O–H groups in total. The summed E-state index contributed by atoms with van der Waals surface area (Å²) in [6, 6.07) is 7.68. The second-order valence-electron chi connectivity index (χ2n) is 5.11. The Balaban J connectivity index is 1.81. The first kappa shape index (κ1) is 12.2. The highest BCUT2D eigenvalue weighted by molar-refractivity contribution is 6.05. The average molecular weight is 258 g/mol. The molecule has 2 aromatic rings. The van der Waals surface area contributed by atoms with Crippen LogP contribution in [0.2, 0.25) is 0 Å². The van der Waals surface area contributed by atoms with Crippen LogP contribution in [-0.4, -0.2) is 37.5 Å². The molecule has 1 saturated heterocycles. The summed E-state index contributed by atoms with van der Waals surface area (Å²) >= 11 is 0. The van der Waals surface area contributed by atoms with Crippen LogP contribution in [0.15, 0.2) is 34.9 Å². The van der Waals surface area contributed by atoms with E-state index < -0.39 is 0 Å². The molecule has 1 fully saturated rings. The summed E-state index contributed by atoms with van der Waals surface area (Å²) in [6.45, 7) is 2.64. The number of nitrogens with one attached hydrogen (secondary N) is 1. The van der Waals surface area contributed by atoms with Crippen LogP contribution in [0, 0.1) is 5.92 Å². The molecule has 1 unspecified atom stereocenters. The molecule has 0 saturated carbocycles. The van der Waals surface area contributed by atoms with Gasteiger partial charge in [0, 0.05) is 18.5 Å². The maximum Gasteiger partial charge on any atom is 0.257 e. The number of nitrogens with zero attached hydrogens (tertiary/aromatic N) is 1. The third kappa shape index (κ3) is 2.24. The SMILES string of the molecule is CNCC1CCN(C(=O)c2coc3ccccc23)C1. The number of para-hydroxylation sites is 1. The van der Waals surface area contributed by atoms with Gasteiger partial charge in [-0.2, -0.15) is 0 Å². The highest BCUT2D eigenvalue weighted by Crippen LogP contribution is 2.24. The summed E-state index contributed by atoms with van der Waals surface area (Å²) < 4.78 is 5.44.